The smallest absolute Gasteiger partial charge is 0.261 e. The van der Waals surface area contributed by atoms with E-state index in [9.17, 15) is 9.59 Å². The first-order valence-corrected chi connectivity index (χ1v) is 8.54. The summed E-state index contributed by atoms with van der Waals surface area (Å²) < 4.78 is 7.05. The molecule has 3 rings (SSSR count). The summed E-state index contributed by atoms with van der Waals surface area (Å²) in [4.78, 5) is 28.6. The summed E-state index contributed by atoms with van der Waals surface area (Å²) in [5.41, 5.74) is 1.65. The van der Waals surface area contributed by atoms with Crippen LogP contribution < -0.4 is 15.6 Å². The lowest BCUT2D eigenvalue weighted by Gasteiger charge is -2.09. The maximum atomic E-state index is 12.4. The van der Waals surface area contributed by atoms with Gasteiger partial charge >= 0.3 is 0 Å². The van der Waals surface area contributed by atoms with Crippen molar-refractivity contribution in [2.75, 3.05) is 13.2 Å². The number of benzene rings is 2. The Morgan fingerprint density at radius 3 is 2.88 bits per heavy atom. The molecule has 6 nitrogen and oxygen atoms in total. The largest absolute Gasteiger partial charge is 0.492 e. The van der Waals surface area contributed by atoms with Crippen LogP contribution in [0.4, 0.5) is 0 Å². The minimum atomic E-state index is -0.133. The fraction of sp³-hybridized carbons (Fsp3) is 0.250. The van der Waals surface area contributed by atoms with Crippen molar-refractivity contribution in [3.8, 4) is 5.75 Å². The summed E-state index contributed by atoms with van der Waals surface area (Å²) in [6, 6.07) is 14.9. The van der Waals surface area contributed by atoms with Gasteiger partial charge in [0.25, 0.3) is 5.56 Å². The van der Waals surface area contributed by atoms with Crippen molar-refractivity contribution in [2.45, 2.75) is 19.9 Å². The monoisotopic (exact) mass is 351 g/mol. The van der Waals surface area contributed by atoms with Crippen LogP contribution in [0, 0.1) is 6.92 Å². The lowest BCUT2D eigenvalue weighted by Crippen LogP contribution is -2.30. The molecule has 134 valence electrons. The summed E-state index contributed by atoms with van der Waals surface area (Å²) in [7, 11) is 0. The van der Waals surface area contributed by atoms with Crippen molar-refractivity contribution < 1.29 is 9.53 Å². The van der Waals surface area contributed by atoms with Crippen LogP contribution in [0.3, 0.4) is 0 Å². The fourth-order valence-corrected chi connectivity index (χ4v) is 2.64. The Hall–Kier alpha value is -3.15. The Morgan fingerprint density at radius 2 is 2.04 bits per heavy atom. The third-order valence-electron chi connectivity index (χ3n) is 3.99. The first kappa shape index (κ1) is 17.7. The molecule has 0 radical (unpaired) electrons. The van der Waals surface area contributed by atoms with E-state index in [1.54, 1.807) is 18.2 Å². The molecule has 1 heterocycles. The number of carbonyl (C=O) groups excluding carboxylic acids is 1. The highest BCUT2D eigenvalue weighted by Gasteiger charge is 2.06. The number of aromatic nitrogens is 2. The van der Waals surface area contributed by atoms with Crippen LogP contribution in [0.15, 0.2) is 59.7 Å². The average Bonchev–Trinajstić information content (AvgIpc) is 2.65. The number of hydrogen-bond acceptors (Lipinski definition) is 4. The predicted molar refractivity (Wildman–Crippen MR) is 100 cm³/mol. The zero-order valence-electron chi connectivity index (χ0n) is 14.6. The van der Waals surface area contributed by atoms with Crippen molar-refractivity contribution in [3.63, 3.8) is 0 Å². The molecule has 6 heteroatoms. The molecule has 0 aliphatic rings. The predicted octanol–water partition coefficient (Wildman–Crippen LogP) is 2.29. The molecular formula is C20H21N3O3. The van der Waals surface area contributed by atoms with Gasteiger partial charge in [-0.05, 0) is 36.8 Å². The molecule has 0 aliphatic carbocycles. The van der Waals surface area contributed by atoms with Gasteiger partial charge in [0.05, 0.1) is 23.8 Å². The topological polar surface area (TPSA) is 73.2 Å². The lowest BCUT2D eigenvalue weighted by atomic mass is 10.2. The second-order valence-corrected chi connectivity index (χ2v) is 6.03. The van der Waals surface area contributed by atoms with Gasteiger partial charge in [0.15, 0.2) is 0 Å². The Morgan fingerprint density at radius 1 is 1.19 bits per heavy atom. The molecule has 0 saturated heterocycles. The fourth-order valence-electron chi connectivity index (χ4n) is 2.64. The number of nitrogens with zero attached hydrogens (tertiary/aromatic N) is 2. The van der Waals surface area contributed by atoms with Crippen LogP contribution in [-0.2, 0) is 11.3 Å². The molecule has 0 atom stereocenters. The number of amides is 1. The summed E-state index contributed by atoms with van der Waals surface area (Å²) in [6.45, 7) is 3.10. The van der Waals surface area contributed by atoms with E-state index in [1.165, 1.54) is 10.9 Å². The molecule has 1 aromatic heterocycles. The van der Waals surface area contributed by atoms with E-state index in [0.29, 0.717) is 30.6 Å². The number of fused-ring (bicyclic) bond motifs is 1. The van der Waals surface area contributed by atoms with Gasteiger partial charge in [0.1, 0.15) is 12.4 Å². The molecule has 0 aliphatic heterocycles. The van der Waals surface area contributed by atoms with E-state index >= 15 is 0 Å². The van der Waals surface area contributed by atoms with Crippen LogP contribution >= 0.6 is 0 Å². The van der Waals surface area contributed by atoms with E-state index in [-0.39, 0.29) is 17.9 Å². The number of nitrogens with one attached hydrogen (secondary N) is 1. The van der Waals surface area contributed by atoms with Gasteiger partial charge < -0.3 is 10.1 Å². The van der Waals surface area contributed by atoms with E-state index in [1.807, 2.05) is 37.3 Å². The Balaban J connectivity index is 1.46. The summed E-state index contributed by atoms with van der Waals surface area (Å²) >= 11 is 0. The Bertz CT molecular complexity index is 966. The maximum absolute atomic E-state index is 12.4. The molecule has 3 aromatic rings. The zero-order chi connectivity index (χ0) is 18.4. The Labute approximate surface area is 151 Å². The standard InChI is InChI=1S/C20H21N3O3/c1-15-5-4-6-16(13-15)26-12-10-21-19(24)9-11-23-14-22-18-8-3-2-7-17(18)20(23)25/h2-8,13-14H,9-12H2,1H3,(H,21,24). The van der Waals surface area contributed by atoms with E-state index in [0.717, 1.165) is 11.3 Å². The van der Waals surface area contributed by atoms with Gasteiger partial charge in [-0.3, -0.25) is 14.2 Å². The first-order chi connectivity index (χ1) is 12.6. The summed E-state index contributed by atoms with van der Waals surface area (Å²) in [6.07, 6.45) is 1.70. The van der Waals surface area contributed by atoms with Crippen LogP contribution in [0.1, 0.15) is 12.0 Å². The maximum Gasteiger partial charge on any atom is 0.261 e. The summed E-state index contributed by atoms with van der Waals surface area (Å²) in [5.74, 6) is 0.658. The molecule has 26 heavy (non-hydrogen) atoms. The highest BCUT2D eigenvalue weighted by atomic mass is 16.5. The van der Waals surface area contributed by atoms with Crippen molar-refractivity contribution in [3.05, 3.63) is 70.8 Å². The molecule has 0 saturated carbocycles. The zero-order valence-corrected chi connectivity index (χ0v) is 14.6. The van der Waals surface area contributed by atoms with Crippen LogP contribution in [-0.4, -0.2) is 28.6 Å². The summed E-state index contributed by atoms with van der Waals surface area (Å²) in [5, 5.41) is 3.35. The third kappa shape index (κ3) is 4.47. The molecule has 1 amide bonds. The van der Waals surface area contributed by atoms with E-state index < -0.39 is 0 Å². The van der Waals surface area contributed by atoms with Crippen molar-refractivity contribution in [1.82, 2.24) is 14.9 Å². The molecule has 2 aromatic carbocycles. The van der Waals surface area contributed by atoms with Crippen LogP contribution in [0.5, 0.6) is 5.75 Å². The third-order valence-corrected chi connectivity index (χ3v) is 3.99. The van der Waals surface area contributed by atoms with Crippen molar-refractivity contribution in [2.24, 2.45) is 0 Å². The number of ether oxygens (including phenoxy) is 1. The van der Waals surface area contributed by atoms with Crippen molar-refractivity contribution in [1.29, 1.82) is 0 Å². The molecule has 0 unspecified atom stereocenters. The minimum absolute atomic E-state index is 0.127. The number of rotatable bonds is 7. The number of carbonyl (C=O) groups is 1. The average molecular weight is 351 g/mol. The number of aryl methyl sites for hydroxylation is 2. The molecule has 0 fully saturated rings. The van der Waals surface area contributed by atoms with Gasteiger partial charge in [-0.1, -0.05) is 24.3 Å². The van der Waals surface area contributed by atoms with Gasteiger partial charge in [0.2, 0.25) is 5.91 Å². The van der Waals surface area contributed by atoms with Crippen LogP contribution in [0.25, 0.3) is 10.9 Å². The highest BCUT2D eigenvalue weighted by Crippen LogP contribution is 2.11. The molecule has 0 spiro atoms. The molecular weight excluding hydrogens is 330 g/mol. The highest BCUT2D eigenvalue weighted by molar-refractivity contribution is 5.77. The van der Waals surface area contributed by atoms with Gasteiger partial charge in [-0.2, -0.15) is 0 Å². The minimum Gasteiger partial charge on any atom is -0.492 e. The van der Waals surface area contributed by atoms with Crippen LogP contribution in [0.2, 0.25) is 0 Å². The quantitative estimate of drug-likeness (QED) is 0.663. The second-order valence-electron chi connectivity index (χ2n) is 6.03. The SMILES string of the molecule is Cc1cccc(OCCNC(=O)CCn2cnc3ccccc3c2=O)c1. The Kier molecular flexibility index (Phi) is 5.63. The van der Waals surface area contributed by atoms with E-state index in [4.69, 9.17) is 4.74 Å². The first-order valence-electron chi connectivity index (χ1n) is 8.54. The second kappa shape index (κ2) is 8.29. The molecule has 1 N–H and O–H groups in total. The van der Waals surface area contributed by atoms with Gasteiger partial charge in [-0.25, -0.2) is 4.98 Å². The van der Waals surface area contributed by atoms with Gasteiger partial charge in [-0.15, -0.1) is 0 Å². The molecule has 0 bridgehead atoms. The number of hydrogen-bond donors (Lipinski definition) is 1. The normalized spacial score (nSPS) is 10.7. The van der Waals surface area contributed by atoms with Gasteiger partial charge in [0, 0.05) is 13.0 Å². The lowest BCUT2D eigenvalue weighted by molar-refractivity contribution is -0.121. The number of para-hydroxylation sites is 1. The van der Waals surface area contributed by atoms with E-state index in [2.05, 4.69) is 10.3 Å². The van der Waals surface area contributed by atoms with Crippen molar-refractivity contribution >= 4 is 16.8 Å².